The largest absolute Gasteiger partial charge is 0.348 e. The van der Waals surface area contributed by atoms with E-state index in [1.165, 1.54) is 24.1 Å². The van der Waals surface area contributed by atoms with Gasteiger partial charge in [0.25, 0.3) is 11.5 Å². The van der Waals surface area contributed by atoms with Crippen molar-refractivity contribution in [2.24, 2.45) is 0 Å². The van der Waals surface area contributed by atoms with Crippen LogP contribution in [-0.4, -0.2) is 51.3 Å². The molecule has 0 aliphatic carbocycles. The molecule has 3 aromatic rings. The number of nitrogens with one attached hydrogen (secondary N) is 1. The number of hydrogen-bond acceptors (Lipinski definition) is 5. The topological polar surface area (TPSA) is 101 Å². The molecule has 2 aromatic heterocycles. The number of likely N-dealkylation sites (tertiary alicyclic amines) is 1. The van der Waals surface area contributed by atoms with E-state index in [0.717, 1.165) is 10.1 Å². The molecule has 2 amide bonds. The van der Waals surface area contributed by atoms with Crippen molar-refractivity contribution in [3.05, 3.63) is 73.6 Å². The van der Waals surface area contributed by atoms with Gasteiger partial charge in [-0.2, -0.15) is 0 Å². The van der Waals surface area contributed by atoms with Gasteiger partial charge in [-0.1, -0.05) is 35.3 Å². The highest BCUT2D eigenvalue weighted by atomic mass is 35.5. The molecule has 0 bridgehead atoms. The van der Waals surface area contributed by atoms with Crippen LogP contribution >= 0.6 is 23.2 Å². The Kier molecular flexibility index (Phi) is 6.42. The third kappa shape index (κ3) is 4.67. The first-order chi connectivity index (χ1) is 16.1. The van der Waals surface area contributed by atoms with Gasteiger partial charge in [-0.15, -0.1) is 0 Å². The molecular weight excluding hydrogens is 486 g/mol. The number of alkyl halides is 1. The SMILES string of the molecule is CC1(F)CN(C(=O)Cn2c(=O)c(C(=O)NCc3ccc(Cl)cc3)cc3c(Cl)c(C=O)cnc32)C1. The minimum atomic E-state index is -1.48. The van der Waals surface area contributed by atoms with Crippen molar-refractivity contribution < 1.29 is 18.8 Å². The van der Waals surface area contributed by atoms with Crippen molar-refractivity contribution in [3.8, 4) is 0 Å². The number of nitrogens with zero attached hydrogens (tertiary/aromatic N) is 3. The number of aldehydes is 1. The zero-order valence-corrected chi connectivity index (χ0v) is 19.5. The number of hydrogen-bond donors (Lipinski definition) is 1. The number of carbonyl (C=O) groups is 3. The monoisotopic (exact) mass is 504 g/mol. The third-order valence-corrected chi connectivity index (χ3v) is 6.18. The molecule has 0 saturated carbocycles. The Bertz CT molecular complexity index is 1360. The van der Waals surface area contributed by atoms with Gasteiger partial charge in [0.2, 0.25) is 5.91 Å². The Balaban J connectivity index is 1.71. The van der Waals surface area contributed by atoms with Crippen LogP contribution in [0.15, 0.2) is 41.3 Å². The van der Waals surface area contributed by atoms with Gasteiger partial charge in [0.15, 0.2) is 6.29 Å². The Morgan fingerprint density at radius 2 is 1.91 bits per heavy atom. The second kappa shape index (κ2) is 9.15. The molecule has 0 unspecified atom stereocenters. The second-order valence-corrected chi connectivity index (χ2v) is 9.12. The number of carbonyl (C=O) groups excluding carboxylic acids is 3. The van der Waals surface area contributed by atoms with Gasteiger partial charge in [0, 0.05) is 23.2 Å². The summed E-state index contributed by atoms with van der Waals surface area (Å²) >= 11 is 12.2. The highest BCUT2D eigenvalue weighted by molar-refractivity contribution is 6.37. The molecule has 1 saturated heterocycles. The molecule has 1 aliphatic rings. The van der Waals surface area contributed by atoms with Crippen molar-refractivity contribution in [1.82, 2.24) is 19.8 Å². The molecule has 0 atom stereocenters. The fourth-order valence-electron chi connectivity index (χ4n) is 3.73. The summed E-state index contributed by atoms with van der Waals surface area (Å²) in [6, 6.07) is 8.04. The minimum Gasteiger partial charge on any atom is -0.348 e. The molecule has 0 spiro atoms. The van der Waals surface area contributed by atoms with Crippen molar-refractivity contribution in [2.75, 3.05) is 13.1 Å². The maximum atomic E-state index is 13.9. The van der Waals surface area contributed by atoms with E-state index in [1.807, 2.05) is 0 Å². The summed E-state index contributed by atoms with van der Waals surface area (Å²) in [5, 5.41) is 3.35. The fourth-order valence-corrected chi connectivity index (χ4v) is 4.09. The van der Waals surface area contributed by atoms with E-state index in [2.05, 4.69) is 10.3 Å². The van der Waals surface area contributed by atoms with Crippen LogP contribution in [0.2, 0.25) is 10.0 Å². The van der Waals surface area contributed by atoms with Gasteiger partial charge in [-0.05, 0) is 30.7 Å². The van der Waals surface area contributed by atoms with Gasteiger partial charge in [0.1, 0.15) is 23.4 Å². The van der Waals surface area contributed by atoms with Crippen molar-refractivity contribution in [1.29, 1.82) is 0 Å². The van der Waals surface area contributed by atoms with Crippen LogP contribution in [0.1, 0.15) is 33.2 Å². The molecule has 1 aromatic carbocycles. The van der Waals surface area contributed by atoms with Crippen LogP contribution in [0.4, 0.5) is 4.39 Å². The summed E-state index contributed by atoms with van der Waals surface area (Å²) in [5.74, 6) is -1.20. The molecule has 3 heterocycles. The number of halogens is 3. The van der Waals surface area contributed by atoms with E-state index >= 15 is 0 Å². The van der Waals surface area contributed by atoms with Crippen LogP contribution in [0.25, 0.3) is 11.0 Å². The summed E-state index contributed by atoms with van der Waals surface area (Å²) in [7, 11) is 0. The van der Waals surface area contributed by atoms with E-state index in [1.54, 1.807) is 24.3 Å². The lowest BCUT2D eigenvalue weighted by Gasteiger charge is -2.42. The average Bonchev–Trinajstić information content (AvgIpc) is 2.78. The van der Waals surface area contributed by atoms with E-state index in [4.69, 9.17) is 23.2 Å². The van der Waals surface area contributed by atoms with Crippen molar-refractivity contribution >= 4 is 52.3 Å². The number of benzene rings is 1. The van der Waals surface area contributed by atoms with Gasteiger partial charge in [-0.3, -0.25) is 23.7 Å². The molecule has 1 N–H and O–H groups in total. The Morgan fingerprint density at radius 3 is 2.53 bits per heavy atom. The lowest BCUT2D eigenvalue weighted by atomic mass is 9.99. The lowest BCUT2D eigenvalue weighted by molar-refractivity contribution is -0.144. The maximum absolute atomic E-state index is 13.9. The van der Waals surface area contributed by atoms with E-state index in [9.17, 15) is 23.6 Å². The molecule has 11 heteroatoms. The fraction of sp³-hybridized carbons (Fsp3) is 0.261. The van der Waals surface area contributed by atoms with Crippen LogP contribution in [0, 0.1) is 0 Å². The Hall–Kier alpha value is -3.30. The highest BCUT2D eigenvalue weighted by Gasteiger charge is 2.41. The summed E-state index contributed by atoms with van der Waals surface area (Å²) < 4.78 is 14.9. The van der Waals surface area contributed by atoms with Crippen molar-refractivity contribution in [2.45, 2.75) is 25.7 Å². The zero-order valence-electron chi connectivity index (χ0n) is 18.0. The number of amides is 2. The first kappa shape index (κ1) is 23.8. The molecule has 1 aliphatic heterocycles. The number of pyridine rings is 2. The molecular formula is C23H19Cl2FN4O4. The molecule has 8 nitrogen and oxygen atoms in total. The van der Waals surface area contributed by atoms with Gasteiger partial charge < -0.3 is 10.2 Å². The number of aromatic nitrogens is 2. The first-order valence-corrected chi connectivity index (χ1v) is 11.0. The number of fused-ring (bicyclic) bond motifs is 1. The summed E-state index contributed by atoms with van der Waals surface area (Å²) in [6.07, 6.45) is 1.68. The Morgan fingerprint density at radius 1 is 1.24 bits per heavy atom. The van der Waals surface area contributed by atoms with Crippen LogP contribution in [-0.2, 0) is 17.9 Å². The normalized spacial score (nSPS) is 14.5. The molecule has 34 heavy (non-hydrogen) atoms. The lowest BCUT2D eigenvalue weighted by Crippen LogP contribution is -2.60. The molecule has 4 rings (SSSR count). The van der Waals surface area contributed by atoms with Gasteiger partial charge >= 0.3 is 0 Å². The first-order valence-electron chi connectivity index (χ1n) is 10.3. The van der Waals surface area contributed by atoms with Crippen LogP contribution in [0.5, 0.6) is 0 Å². The second-order valence-electron chi connectivity index (χ2n) is 8.30. The molecule has 176 valence electrons. The molecule has 1 fully saturated rings. The van der Waals surface area contributed by atoms with Crippen molar-refractivity contribution in [3.63, 3.8) is 0 Å². The smallest absolute Gasteiger partial charge is 0.265 e. The Labute approximate surface area is 203 Å². The number of rotatable bonds is 6. The zero-order chi connectivity index (χ0) is 24.6. The van der Waals surface area contributed by atoms with Crippen LogP contribution in [0.3, 0.4) is 0 Å². The van der Waals surface area contributed by atoms with E-state index in [0.29, 0.717) is 11.3 Å². The average molecular weight is 505 g/mol. The summed E-state index contributed by atoms with van der Waals surface area (Å²) in [4.78, 5) is 55.5. The maximum Gasteiger partial charge on any atom is 0.265 e. The van der Waals surface area contributed by atoms with E-state index < -0.39 is 29.6 Å². The third-order valence-electron chi connectivity index (χ3n) is 5.50. The van der Waals surface area contributed by atoms with Gasteiger partial charge in [-0.25, -0.2) is 9.37 Å². The van der Waals surface area contributed by atoms with Gasteiger partial charge in [0.05, 0.1) is 23.7 Å². The quantitative estimate of drug-likeness (QED) is 0.520. The van der Waals surface area contributed by atoms with E-state index in [-0.39, 0.29) is 46.8 Å². The predicted molar refractivity (Wildman–Crippen MR) is 125 cm³/mol. The molecule has 0 radical (unpaired) electrons. The minimum absolute atomic E-state index is 0.00626. The highest BCUT2D eigenvalue weighted by Crippen LogP contribution is 2.27. The summed E-state index contributed by atoms with van der Waals surface area (Å²) in [5.41, 5.74) is -1.67. The summed E-state index contributed by atoms with van der Waals surface area (Å²) in [6.45, 7) is 0.849. The standard InChI is InChI=1S/C23H19Cl2FN4O4/c1-23(26)11-29(12-23)18(32)9-30-20-16(19(25)14(10-31)8-27-20)6-17(22(30)34)21(33)28-7-13-2-4-15(24)5-3-13/h2-6,8,10H,7,9,11-12H2,1H3,(H,28,33). The van der Waals surface area contributed by atoms with Crippen LogP contribution < -0.4 is 10.9 Å². The predicted octanol–water partition coefficient (Wildman–Crippen LogP) is 3.02.